The van der Waals surface area contributed by atoms with E-state index in [0.29, 0.717) is 12.1 Å². The topological polar surface area (TPSA) is 208 Å². The fourth-order valence-corrected chi connectivity index (χ4v) is 6.46. The Labute approximate surface area is 234 Å². The maximum Gasteiger partial charge on any atom is 0.255 e. The SMILES string of the molecule is CN(C)[C@@H]1C(=O)C(C(N)=O)=C(O)[C@@]2(O)C(=O)C3=C(O)c4c(O)ccc(C(=O)CNCc5cncn5C)c4C[C@H]3C[C@@H]12. The molecule has 13 heteroatoms. The van der Waals surface area contributed by atoms with E-state index >= 15 is 0 Å². The summed E-state index contributed by atoms with van der Waals surface area (Å²) in [6, 6.07) is 1.50. The number of aromatic hydroxyl groups is 1. The summed E-state index contributed by atoms with van der Waals surface area (Å²) >= 11 is 0. The number of ketones is 3. The molecular weight excluding hydrogens is 534 g/mol. The number of likely N-dealkylation sites (N-methyl/N-ethyl adjacent to an activating group) is 1. The van der Waals surface area contributed by atoms with Crippen LogP contribution in [-0.4, -0.2) is 90.4 Å². The number of rotatable bonds is 7. The number of imidazole rings is 1. The lowest BCUT2D eigenvalue weighted by Gasteiger charge is -2.50. The average molecular weight is 566 g/mol. The standard InChI is InChI=1S/C28H31N5O8/c1-32(2)22-16-7-12-6-15-14(18(35)10-30-8-13-9-31-11-33(13)3)4-5-17(34)20(15)23(36)19(12)25(38)28(16,41)26(39)21(24(22)37)27(29)40/h4-5,9,11-12,16,22,30,34,36,39,41H,6-8,10H2,1-3H3,(H2,29,40)/t12-,16-,22-,28-/m0/s1. The third-order valence-corrected chi connectivity index (χ3v) is 8.41. The Kier molecular flexibility index (Phi) is 6.84. The van der Waals surface area contributed by atoms with Crippen molar-refractivity contribution in [2.75, 3.05) is 20.6 Å². The number of carbonyl (C=O) groups is 4. The van der Waals surface area contributed by atoms with E-state index in [1.165, 1.54) is 31.1 Å². The number of hydrogen-bond acceptors (Lipinski definition) is 11. The molecule has 216 valence electrons. The summed E-state index contributed by atoms with van der Waals surface area (Å²) in [5, 5.41) is 47.6. The summed E-state index contributed by atoms with van der Waals surface area (Å²) in [4.78, 5) is 57.9. The predicted octanol–water partition coefficient (Wildman–Crippen LogP) is -0.330. The van der Waals surface area contributed by atoms with Crippen molar-refractivity contribution in [2.45, 2.75) is 31.0 Å². The van der Waals surface area contributed by atoms with Crippen LogP contribution in [0, 0.1) is 11.8 Å². The first-order chi connectivity index (χ1) is 19.3. The van der Waals surface area contributed by atoms with Crippen LogP contribution in [0.25, 0.3) is 5.76 Å². The van der Waals surface area contributed by atoms with Crippen LogP contribution in [0.4, 0.5) is 0 Å². The quantitative estimate of drug-likeness (QED) is 0.189. The minimum absolute atomic E-state index is 0.0335. The Bertz CT molecular complexity index is 1570. The molecule has 0 unspecified atom stereocenters. The van der Waals surface area contributed by atoms with Gasteiger partial charge in [-0.1, -0.05) is 0 Å². The molecule has 1 fully saturated rings. The number of benzene rings is 1. The highest BCUT2D eigenvalue weighted by molar-refractivity contribution is 6.24. The number of carbonyl (C=O) groups excluding carboxylic acids is 4. The molecule has 3 aliphatic carbocycles. The van der Waals surface area contributed by atoms with E-state index in [2.05, 4.69) is 10.3 Å². The number of phenols is 1. The van der Waals surface area contributed by atoms with Crippen molar-refractivity contribution in [1.82, 2.24) is 19.8 Å². The summed E-state index contributed by atoms with van der Waals surface area (Å²) < 4.78 is 1.81. The highest BCUT2D eigenvalue weighted by Gasteiger charge is 2.64. The van der Waals surface area contributed by atoms with Gasteiger partial charge < -0.3 is 36.0 Å². The molecule has 41 heavy (non-hydrogen) atoms. The van der Waals surface area contributed by atoms with Gasteiger partial charge in [-0.2, -0.15) is 0 Å². The van der Waals surface area contributed by atoms with Crippen molar-refractivity contribution >= 4 is 29.0 Å². The molecule has 1 heterocycles. The van der Waals surface area contributed by atoms with Gasteiger partial charge in [-0.3, -0.25) is 24.1 Å². The van der Waals surface area contributed by atoms with Crippen molar-refractivity contribution in [3.05, 3.63) is 63.9 Å². The lowest BCUT2D eigenvalue weighted by molar-refractivity contribution is -0.153. The van der Waals surface area contributed by atoms with Crippen molar-refractivity contribution in [1.29, 1.82) is 0 Å². The smallest absolute Gasteiger partial charge is 0.255 e. The molecule has 0 radical (unpaired) electrons. The molecule has 1 aromatic carbocycles. The molecule has 2 aromatic rings. The number of hydrogen-bond donors (Lipinski definition) is 6. The summed E-state index contributed by atoms with van der Waals surface area (Å²) in [6.07, 6.45) is 3.28. The van der Waals surface area contributed by atoms with Crippen LogP contribution >= 0.6 is 0 Å². The number of Topliss-reactive ketones (excluding diaryl/α,β-unsaturated/α-hetero) is 3. The van der Waals surface area contributed by atoms with Crippen LogP contribution in [0.3, 0.4) is 0 Å². The Morgan fingerprint density at radius 2 is 1.93 bits per heavy atom. The lowest BCUT2D eigenvalue weighted by atomic mass is 9.57. The molecule has 0 saturated heterocycles. The first kappa shape index (κ1) is 28.2. The predicted molar refractivity (Wildman–Crippen MR) is 143 cm³/mol. The summed E-state index contributed by atoms with van der Waals surface area (Å²) in [6.45, 7) is 0.316. The zero-order valence-electron chi connectivity index (χ0n) is 22.7. The number of phenolic OH excluding ortho intramolecular Hbond substituents is 1. The molecule has 7 N–H and O–H groups in total. The van der Waals surface area contributed by atoms with Crippen molar-refractivity contribution in [3.63, 3.8) is 0 Å². The monoisotopic (exact) mass is 565 g/mol. The van der Waals surface area contributed by atoms with Crippen LogP contribution in [0.1, 0.15) is 33.6 Å². The second kappa shape index (κ2) is 9.94. The Morgan fingerprint density at radius 1 is 1.22 bits per heavy atom. The Balaban J connectivity index is 1.56. The molecule has 13 nitrogen and oxygen atoms in total. The maximum absolute atomic E-state index is 13.9. The van der Waals surface area contributed by atoms with Crippen LogP contribution in [-0.2, 0) is 34.4 Å². The number of fused-ring (bicyclic) bond motifs is 3. The van der Waals surface area contributed by atoms with Crippen LogP contribution in [0.2, 0.25) is 0 Å². The molecule has 0 spiro atoms. The van der Waals surface area contributed by atoms with Crippen LogP contribution in [0.15, 0.2) is 41.6 Å². The number of nitrogens with zero attached hydrogens (tertiary/aromatic N) is 3. The fourth-order valence-electron chi connectivity index (χ4n) is 6.46. The van der Waals surface area contributed by atoms with Gasteiger partial charge in [-0.15, -0.1) is 0 Å². The van der Waals surface area contributed by atoms with E-state index < -0.39 is 58.0 Å². The highest BCUT2D eigenvalue weighted by Crippen LogP contribution is 2.52. The third-order valence-electron chi connectivity index (χ3n) is 8.41. The molecule has 0 aliphatic heterocycles. The molecule has 1 amide bonds. The first-order valence-electron chi connectivity index (χ1n) is 13.0. The molecule has 3 aliphatic rings. The van der Waals surface area contributed by atoms with Gasteiger partial charge in [-0.05, 0) is 50.6 Å². The average Bonchev–Trinajstić information content (AvgIpc) is 3.30. The zero-order chi connectivity index (χ0) is 30.0. The highest BCUT2D eigenvalue weighted by atomic mass is 16.3. The molecule has 1 aromatic heterocycles. The number of aromatic nitrogens is 2. The van der Waals surface area contributed by atoms with E-state index in [9.17, 15) is 39.6 Å². The first-order valence-corrected chi connectivity index (χ1v) is 13.0. The van der Waals surface area contributed by atoms with Crippen molar-refractivity contribution in [3.8, 4) is 5.75 Å². The number of amides is 1. The fraction of sp³-hybridized carbons (Fsp3) is 0.393. The van der Waals surface area contributed by atoms with Crippen molar-refractivity contribution < 1.29 is 39.6 Å². The number of nitrogens with one attached hydrogen (secondary N) is 1. The van der Waals surface area contributed by atoms with E-state index in [-0.39, 0.29) is 47.6 Å². The number of nitrogens with two attached hydrogens (primary N) is 1. The molecule has 4 atom stereocenters. The van der Waals surface area contributed by atoms with E-state index in [0.717, 1.165) is 5.69 Å². The van der Waals surface area contributed by atoms with E-state index in [4.69, 9.17) is 5.73 Å². The summed E-state index contributed by atoms with van der Waals surface area (Å²) in [5.41, 5.74) is 2.76. The maximum atomic E-state index is 13.9. The minimum Gasteiger partial charge on any atom is -0.508 e. The van der Waals surface area contributed by atoms with Gasteiger partial charge >= 0.3 is 0 Å². The van der Waals surface area contributed by atoms with Gasteiger partial charge in [0.25, 0.3) is 5.91 Å². The van der Waals surface area contributed by atoms with Gasteiger partial charge in [0, 0.05) is 36.8 Å². The Morgan fingerprint density at radius 3 is 2.54 bits per heavy atom. The van der Waals surface area contributed by atoms with Crippen LogP contribution < -0.4 is 11.1 Å². The summed E-state index contributed by atoms with van der Waals surface area (Å²) in [7, 11) is 4.88. The molecule has 1 saturated carbocycles. The normalized spacial score (nSPS) is 25.7. The minimum atomic E-state index is -2.72. The number of primary amides is 1. The second-order valence-electron chi connectivity index (χ2n) is 11.0. The molecule has 5 rings (SSSR count). The van der Waals surface area contributed by atoms with Crippen molar-refractivity contribution in [2.24, 2.45) is 24.6 Å². The summed E-state index contributed by atoms with van der Waals surface area (Å²) in [5.74, 6) is -7.69. The van der Waals surface area contributed by atoms with Crippen LogP contribution in [0.5, 0.6) is 5.75 Å². The van der Waals surface area contributed by atoms with Gasteiger partial charge in [0.1, 0.15) is 22.8 Å². The van der Waals surface area contributed by atoms with Gasteiger partial charge in [0.15, 0.2) is 17.2 Å². The van der Waals surface area contributed by atoms with Gasteiger partial charge in [-0.25, -0.2) is 4.98 Å². The van der Waals surface area contributed by atoms with E-state index in [1.807, 2.05) is 11.6 Å². The van der Waals surface area contributed by atoms with Gasteiger partial charge in [0.05, 0.1) is 30.2 Å². The molecule has 0 bridgehead atoms. The second-order valence-corrected chi connectivity index (χ2v) is 11.0. The van der Waals surface area contributed by atoms with E-state index in [1.54, 1.807) is 12.5 Å². The number of aliphatic hydroxyl groups excluding tert-OH is 2. The lowest BCUT2D eigenvalue weighted by Crippen LogP contribution is -2.65. The largest absolute Gasteiger partial charge is 0.508 e. The van der Waals surface area contributed by atoms with Gasteiger partial charge in [0.2, 0.25) is 5.78 Å². The Hall–Kier alpha value is -4.33. The number of aryl methyl sites for hydroxylation is 1. The number of aliphatic hydroxyl groups is 3. The zero-order valence-corrected chi connectivity index (χ0v) is 22.7. The molecular formula is C28H31N5O8. The third kappa shape index (κ3) is 4.15.